The molecule has 1 amide bonds. The lowest BCUT2D eigenvalue weighted by Crippen LogP contribution is -2.51. The molecule has 6 heteroatoms. The van der Waals surface area contributed by atoms with Crippen molar-refractivity contribution in [3.8, 4) is 0 Å². The number of hydrogen-bond acceptors (Lipinski definition) is 3. The summed E-state index contributed by atoms with van der Waals surface area (Å²) < 4.78 is 0. The quantitative estimate of drug-likeness (QED) is 0.852. The minimum absolute atomic E-state index is 0. The van der Waals surface area contributed by atoms with Crippen LogP contribution >= 0.6 is 24.8 Å². The third-order valence-electron chi connectivity index (χ3n) is 4.87. The minimum atomic E-state index is 0. The monoisotopic (exact) mass is 373 g/mol. The van der Waals surface area contributed by atoms with Gasteiger partial charge in [0.05, 0.1) is 0 Å². The molecule has 4 nitrogen and oxygen atoms in total. The van der Waals surface area contributed by atoms with E-state index >= 15 is 0 Å². The van der Waals surface area contributed by atoms with E-state index in [0.717, 1.165) is 31.5 Å². The third kappa shape index (κ3) is 5.62. The summed E-state index contributed by atoms with van der Waals surface area (Å²) in [4.78, 5) is 15.0. The topological polar surface area (TPSA) is 44.4 Å². The number of nitrogens with one attached hydrogen (secondary N) is 2. The maximum absolute atomic E-state index is 12.5. The van der Waals surface area contributed by atoms with Gasteiger partial charge in [0.25, 0.3) is 5.91 Å². The number of likely N-dealkylation sites (tertiary alicyclic amines) is 1. The predicted octanol–water partition coefficient (Wildman–Crippen LogP) is 3.00. The standard InChI is InChI=1S/C18H27N3O.2ClH/c1-14-17(8-5-9-19-14)20-18(22)16-7-4-6-15(12-16)13-21-10-2-3-11-21;;/h4,6-7,12,14,17,19H,2-3,5,8-11,13H2,1H3,(H,20,22);2*1H. The van der Waals surface area contributed by atoms with E-state index in [9.17, 15) is 4.79 Å². The largest absolute Gasteiger partial charge is 0.348 e. The van der Waals surface area contributed by atoms with Gasteiger partial charge < -0.3 is 10.6 Å². The van der Waals surface area contributed by atoms with Gasteiger partial charge in [-0.3, -0.25) is 9.69 Å². The van der Waals surface area contributed by atoms with Gasteiger partial charge in [0.15, 0.2) is 0 Å². The number of piperidine rings is 1. The Balaban J connectivity index is 0.00000144. The lowest BCUT2D eigenvalue weighted by atomic mass is 9.99. The predicted molar refractivity (Wildman–Crippen MR) is 103 cm³/mol. The molecule has 0 bridgehead atoms. The zero-order chi connectivity index (χ0) is 15.4. The molecule has 0 aromatic heterocycles. The zero-order valence-corrected chi connectivity index (χ0v) is 15.9. The van der Waals surface area contributed by atoms with Gasteiger partial charge in [0.1, 0.15) is 0 Å². The summed E-state index contributed by atoms with van der Waals surface area (Å²) in [6.07, 6.45) is 4.79. The molecule has 2 aliphatic rings. The number of amides is 1. The zero-order valence-electron chi connectivity index (χ0n) is 14.3. The molecule has 2 unspecified atom stereocenters. The highest BCUT2D eigenvalue weighted by Gasteiger charge is 2.23. The fourth-order valence-electron chi connectivity index (χ4n) is 3.50. The van der Waals surface area contributed by atoms with E-state index in [0.29, 0.717) is 6.04 Å². The van der Waals surface area contributed by atoms with Crippen molar-refractivity contribution in [3.05, 3.63) is 35.4 Å². The fraction of sp³-hybridized carbons (Fsp3) is 0.611. The van der Waals surface area contributed by atoms with Crippen LogP contribution in [0.4, 0.5) is 0 Å². The van der Waals surface area contributed by atoms with Crippen LogP contribution in [0.5, 0.6) is 0 Å². The highest BCUT2D eigenvalue weighted by atomic mass is 35.5. The molecule has 24 heavy (non-hydrogen) atoms. The second-order valence-corrected chi connectivity index (χ2v) is 6.65. The first kappa shape index (κ1) is 21.2. The second-order valence-electron chi connectivity index (χ2n) is 6.65. The highest BCUT2D eigenvalue weighted by Crippen LogP contribution is 2.15. The molecular formula is C18H29Cl2N3O. The van der Waals surface area contributed by atoms with Gasteiger partial charge in [-0.2, -0.15) is 0 Å². The lowest BCUT2D eigenvalue weighted by molar-refractivity contribution is 0.0919. The van der Waals surface area contributed by atoms with Gasteiger partial charge in [-0.1, -0.05) is 12.1 Å². The van der Waals surface area contributed by atoms with Crippen LogP contribution < -0.4 is 10.6 Å². The van der Waals surface area contributed by atoms with Crippen molar-refractivity contribution < 1.29 is 4.79 Å². The summed E-state index contributed by atoms with van der Waals surface area (Å²) in [5, 5.41) is 6.62. The molecule has 0 saturated carbocycles. The molecule has 0 radical (unpaired) electrons. The van der Waals surface area contributed by atoms with Gasteiger partial charge >= 0.3 is 0 Å². The van der Waals surface area contributed by atoms with E-state index in [4.69, 9.17) is 0 Å². The van der Waals surface area contributed by atoms with Crippen LogP contribution in [0.1, 0.15) is 48.5 Å². The van der Waals surface area contributed by atoms with Gasteiger partial charge in [-0.25, -0.2) is 0 Å². The van der Waals surface area contributed by atoms with Crippen molar-refractivity contribution in [2.45, 2.75) is 51.2 Å². The van der Waals surface area contributed by atoms with Crippen LogP contribution in [0.2, 0.25) is 0 Å². The molecule has 1 aromatic rings. The van der Waals surface area contributed by atoms with E-state index < -0.39 is 0 Å². The smallest absolute Gasteiger partial charge is 0.251 e. The van der Waals surface area contributed by atoms with Crippen LogP contribution in [-0.4, -0.2) is 42.5 Å². The average molecular weight is 374 g/mol. The summed E-state index contributed by atoms with van der Waals surface area (Å²) in [5.74, 6) is 0.0591. The number of carbonyl (C=O) groups excluding carboxylic acids is 1. The summed E-state index contributed by atoms with van der Waals surface area (Å²) in [5.41, 5.74) is 2.03. The third-order valence-corrected chi connectivity index (χ3v) is 4.87. The second kappa shape index (κ2) is 10.2. The molecule has 2 fully saturated rings. The maximum atomic E-state index is 12.5. The van der Waals surface area contributed by atoms with Crippen molar-refractivity contribution >= 4 is 30.7 Å². The summed E-state index contributed by atoms with van der Waals surface area (Å²) in [7, 11) is 0. The number of hydrogen-bond donors (Lipinski definition) is 2. The number of carbonyl (C=O) groups is 1. The first-order chi connectivity index (χ1) is 10.7. The van der Waals surface area contributed by atoms with Crippen molar-refractivity contribution in [2.24, 2.45) is 0 Å². The van der Waals surface area contributed by atoms with Crippen molar-refractivity contribution in [2.75, 3.05) is 19.6 Å². The van der Waals surface area contributed by atoms with Crippen molar-refractivity contribution in [1.29, 1.82) is 0 Å². The Labute approximate surface area is 157 Å². The molecule has 2 saturated heterocycles. The van der Waals surface area contributed by atoms with Crippen molar-refractivity contribution in [1.82, 2.24) is 15.5 Å². The lowest BCUT2D eigenvalue weighted by Gasteiger charge is -2.30. The van der Waals surface area contributed by atoms with Crippen molar-refractivity contribution in [3.63, 3.8) is 0 Å². The molecule has 1 aromatic carbocycles. The molecule has 2 aliphatic heterocycles. The highest BCUT2D eigenvalue weighted by molar-refractivity contribution is 5.94. The van der Waals surface area contributed by atoms with Gasteiger partial charge in [0, 0.05) is 24.2 Å². The number of halogens is 2. The number of benzene rings is 1. The van der Waals surface area contributed by atoms with E-state index in [2.05, 4.69) is 34.6 Å². The van der Waals surface area contributed by atoms with Gasteiger partial charge in [0.2, 0.25) is 0 Å². The molecule has 2 N–H and O–H groups in total. The first-order valence-electron chi connectivity index (χ1n) is 8.58. The van der Waals surface area contributed by atoms with Crippen LogP contribution in [0, 0.1) is 0 Å². The Hall–Kier alpha value is -0.810. The molecule has 2 atom stereocenters. The van der Waals surface area contributed by atoms with E-state index in [1.165, 1.54) is 31.5 Å². The van der Waals surface area contributed by atoms with Crippen LogP contribution in [-0.2, 0) is 6.54 Å². The van der Waals surface area contributed by atoms with Crippen LogP contribution in [0.25, 0.3) is 0 Å². The van der Waals surface area contributed by atoms with E-state index in [-0.39, 0.29) is 36.8 Å². The number of nitrogens with zero attached hydrogens (tertiary/aromatic N) is 1. The van der Waals surface area contributed by atoms with E-state index in [1.54, 1.807) is 0 Å². The number of rotatable bonds is 4. The molecule has 136 valence electrons. The molecule has 0 spiro atoms. The Bertz CT molecular complexity index is 521. The minimum Gasteiger partial charge on any atom is -0.348 e. The molecule has 3 rings (SSSR count). The summed E-state index contributed by atoms with van der Waals surface area (Å²) in [6.45, 7) is 6.53. The summed E-state index contributed by atoms with van der Waals surface area (Å²) in [6, 6.07) is 8.69. The average Bonchev–Trinajstić information content (AvgIpc) is 3.03. The first-order valence-corrected chi connectivity index (χ1v) is 8.58. The van der Waals surface area contributed by atoms with Crippen LogP contribution in [0.3, 0.4) is 0 Å². The molecular weight excluding hydrogens is 345 g/mol. The molecule has 0 aliphatic carbocycles. The molecule has 2 heterocycles. The Morgan fingerprint density at radius 3 is 2.71 bits per heavy atom. The Morgan fingerprint density at radius 1 is 1.25 bits per heavy atom. The normalized spacial score (nSPS) is 23.9. The van der Waals surface area contributed by atoms with Crippen LogP contribution in [0.15, 0.2) is 24.3 Å². The Morgan fingerprint density at radius 2 is 2.00 bits per heavy atom. The van der Waals surface area contributed by atoms with Gasteiger partial charge in [-0.05, 0) is 69.9 Å². The van der Waals surface area contributed by atoms with Gasteiger partial charge in [-0.15, -0.1) is 24.8 Å². The Kier molecular flexibility index (Phi) is 9.06. The fourth-order valence-corrected chi connectivity index (χ4v) is 3.50. The summed E-state index contributed by atoms with van der Waals surface area (Å²) >= 11 is 0. The maximum Gasteiger partial charge on any atom is 0.251 e. The van der Waals surface area contributed by atoms with E-state index in [1.807, 2.05) is 12.1 Å². The SMILES string of the molecule is CC1NCCCC1NC(=O)c1cccc(CN2CCCC2)c1.Cl.Cl.